The van der Waals surface area contributed by atoms with Gasteiger partial charge in [-0.2, -0.15) is 0 Å². The van der Waals surface area contributed by atoms with Gasteiger partial charge in [-0.15, -0.1) is 0 Å². The zero-order chi connectivity index (χ0) is 12.3. The summed E-state index contributed by atoms with van der Waals surface area (Å²) < 4.78 is 2.21. The molecule has 3 nitrogen and oxygen atoms in total. The molecule has 0 saturated heterocycles. The summed E-state index contributed by atoms with van der Waals surface area (Å²) in [7, 11) is 0. The van der Waals surface area contributed by atoms with E-state index in [9.17, 15) is 0 Å². The van der Waals surface area contributed by atoms with Crippen molar-refractivity contribution in [3.05, 3.63) is 18.2 Å². The van der Waals surface area contributed by atoms with Crippen molar-refractivity contribution in [2.75, 3.05) is 0 Å². The SMILES string of the molecule is CCC1CCC(NCc2cncn2CC)C1C. The van der Waals surface area contributed by atoms with Gasteiger partial charge in [0.2, 0.25) is 0 Å². The van der Waals surface area contributed by atoms with Crippen LogP contribution in [-0.2, 0) is 13.1 Å². The summed E-state index contributed by atoms with van der Waals surface area (Å²) in [6.07, 6.45) is 7.95. The first-order valence-electron chi connectivity index (χ1n) is 6.98. The Morgan fingerprint density at radius 3 is 2.88 bits per heavy atom. The Kier molecular flexibility index (Phi) is 4.21. The molecule has 2 rings (SSSR count). The van der Waals surface area contributed by atoms with Crippen LogP contribution >= 0.6 is 0 Å². The van der Waals surface area contributed by atoms with Crippen LogP contribution in [0.2, 0.25) is 0 Å². The van der Waals surface area contributed by atoms with Crippen molar-refractivity contribution in [2.24, 2.45) is 11.8 Å². The number of nitrogens with zero attached hydrogens (tertiary/aromatic N) is 2. The highest BCUT2D eigenvalue weighted by Crippen LogP contribution is 2.33. The molecule has 3 atom stereocenters. The molecule has 0 spiro atoms. The Hall–Kier alpha value is -0.830. The van der Waals surface area contributed by atoms with Gasteiger partial charge in [0.05, 0.1) is 12.0 Å². The normalized spacial score (nSPS) is 28.8. The van der Waals surface area contributed by atoms with E-state index in [0.29, 0.717) is 6.04 Å². The lowest BCUT2D eigenvalue weighted by molar-refractivity contribution is 0.342. The van der Waals surface area contributed by atoms with Crippen LogP contribution in [0.1, 0.15) is 45.7 Å². The average Bonchev–Trinajstić information content (AvgIpc) is 2.93. The zero-order valence-electron chi connectivity index (χ0n) is 11.3. The van der Waals surface area contributed by atoms with E-state index in [1.165, 1.54) is 25.0 Å². The van der Waals surface area contributed by atoms with Crippen LogP contribution in [0.25, 0.3) is 0 Å². The predicted octanol–water partition coefficient (Wildman–Crippen LogP) is 2.82. The van der Waals surface area contributed by atoms with Crippen LogP contribution in [0.5, 0.6) is 0 Å². The molecule has 1 aliphatic rings. The van der Waals surface area contributed by atoms with E-state index in [4.69, 9.17) is 0 Å². The summed E-state index contributed by atoms with van der Waals surface area (Å²) in [5.41, 5.74) is 1.31. The number of imidazole rings is 1. The monoisotopic (exact) mass is 235 g/mol. The minimum Gasteiger partial charge on any atom is -0.334 e. The minimum atomic E-state index is 0.695. The molecule has 0 aliphatic heterocycles. The van der Waals surface area contributed by atoms with Gasteiger partial charge in [0.25, 0.3) is 0 Å². The second kappa shape index (κ2) is 5.67. The molecule has 3 heteroatoms. The topological polar surface area (TPSA) is 29.9 Å². The number of hydrogen-bond acceptors (Lipinski definition) is 2. The molecule has 96 valence electrons. The molecule has 1 fully saturated rings. The van der Waals surface area contributed by atoms with Crippen molar-refractivity contribution >= 4 is 0 Å². The van der Waals surface area contributed by atoms with E-state index >= 15 is 0 Å². The van der Waals surface area contributed by atoms with Crippen LogP contribution in [0.3, 0.4) is 0 Å². The standard InChI is InChI=1S/C14H25N3/c1-4-12-6-7-14(11(12)3)16-9-13-8-15-10-17(13)5-2/h8,10-12,14,16H,4-7,9H2,1-3H3. The first kappa shape index (κ1) is 12.6. The van der Waals surface area contributed by atoms with Gasteiger partial charge in [-0.25, -0.2) is 4.98 Å². The molecule has 1 aromatic heterocycles. The molecule has 3 unspecified atom stereocenters. The Balaban J connectivity index is 1.87. The third-order valence-electron chi connectivity index (χ3n) is 4.44. The van der Waals surface area contributed by atoms with Crippen LogP contribution in [0, 0.1) is 11.8 Å². The molecular weight excluding hydrogens is 210 g/mol. The highest BCUT2D eigenvalue weighted by Gasteiger charge is 2.30. The highest BCUT2D eigenvalue weighted by atomic mass is 15.1. The van der Waals surface area contributed by atoms with Crippen molar-refractivity contribution in [3.63, 3.8) is 0 Å². The lowest BCUT2D eigenvalue weighted by atomic mass is 9.93. The molecule has 1 heterocycles. The third kappa shape index (κ3) is 2.71. The van der Waals surface area contributed by atoms with Gasteiger partial charge in [-0.05, 0) is 31.6 Å². The number of aromatic nitrogens is 2. The Morgan fingerprint density at radius 2 is 2.24 bits per heavy atom. The minimum absolute atomic E-state index is 0.695. The number of rotatable bonds is 5. The van der Waals surface area contributed by atoms with Crippen molar-refractivity contribution in [1.82, 2.24) is 14.9 Å². The Labute approximate surface area is 105 Å². The predicted molar refractivity (Wildman–Crippen MR) is 70.7 cm³/mol. The van der Waals surface area contributed by atoms with Crippen molar-refractivity contribution < 1.29 is 0 Å². The van der Waals surface area contributed by atoms with Crippen LogP contribution in [-0.4, -0.2) is 15.6 Å². The average molecular weight is 235 g/mol. The smallest absolute Gasteiger partial charge is 0.0948 e. The molecule has 1 saturated carbocycles. The Morgan fingerprint density at radius 1 is 1.41 bits per heavy atom. The van der Waals surface area contributed by atoms with Gasteiger partial charge in [0.15, 0.2) is 0 Å². The highest BCUT2D eigenvalue weighted by molar-refractivity contribution is 4.99. The second-order valence-electron chi connectivity index (χ2n) is 5.26. The quantitative estimate of drug-likeness (QED) is 0.850. The molecule has 17 heavy (non-hydrogen) atoms. The number of hydrogen-bond donors (Lipinski definition) is 1. The van der Waals surface area contributed by atoms with Crippen LogP contribution in [0.15, 0.2) is 12.5 Å². The van der Waals surface area contributed by atoms with E-state index in [1.807, 2.05) is 12.5 Å². The summed E-state index contributed by atoms with van der Waals surface area (Å²) in [4.78, 5) is 4.21. The van der Waals surface area contributed by atoms with E-state index in [2.05, 4.69) is 35.6 Å². The molecule has 0 bridgehead atoms. The van der Waals surface area contributed by atoms with E-state index < -0.39 is 0 Å². The van der Waals surface area contributed by atoms with Gasteiger partial charge in [-0.1, -0.05) is 20.3 Å². The van der Waals surface area contributed by atoms with Gasteiger partial charge in [-0.3, -0.25) is 0 Å². The van der Waals surface area contributed by atoms with Crippen molar-refractivity contribution in [2.45, 2.75) is 59.2 Å². The maximum Gasteiger partial charge on any atom is 0.0948 e. The molecule has 0 radical (unpaired) electrons. The lowest BCUT2D eigenvalue weighted by Gasteiger charge is -2.21. The maximum absolute atomic E-state index is 4.21. The molecular formula is C14H25N3. The second-order valence-corrected chi connectivity index (χ2v) is 5.26. The fraction of sp³-hybridized carbons (Fsp3) is 0.786. The summed E-state index contributed by atoms with van der Waals surface area (Å²) in [6.45, 7) is 8.84. The summed E-state index contributed by atoms with van der Waals surface area (Å²) >= 11 is 0. The maximum atomic E-state index is 4.21. The number of nitrogens with one attached hydrogen (secondary N) is 1. The molecule has 1 aliphatic carbocycles. The Bertz CT molecular complexity index is 345. The van der Waals surface area contributed by atoms with Gasteiger partial charge in [0, 0.05) is 25.3 Å². The van der Waals surface area contributed by atoms with Crippen molar-refractivity contribution in [3.8, 4) is 0 Å². The van der Waals surface area contributed by atoms with Crippen molar-refractivity contribution in [1.29, 1.82) is 0 Å². The third-order valence-corrected chi connectivity index (χ3v) is 4.44. The first-order chi connectivity index (χ1) is 8.26. The summed E-state index contributed by atoms with van der Waals surface area (Å²) in [5, 5.41) is 3.71. The van der Waals surface area contributed by atoms with Gasteiger partial charge < -0.3 is 9.88 Å². The van der Waals surface area contributed by atoms with E-state index in [-0.39, 0.29) is 0 Å². The van der Waals surface area contributed by atoms with Gasteiger partial charge in [0.1, 0.15) is 0 Å². The van der Waals surface area contributed by atoms with E-state index in [0.717, 1.165) is 24.9 Å². The molecule has 1 N–H and O–H groups in total. The molecule has 0 aromatic carbocycles. The largest absolute Gasteiger partial charge is 0.334 e. The molecule has 1 aromatic rings. The fourth-order valence-electron chi connectivity index (χ4n) is 3.13. The van der Waals surface area contributed by atoms with E-state index in [1.54, 1.807) is 0 Å². The summed E-state index contributed by atoms with van der Waals surface area (Å²) in [5.74, 6) is 1.74. The molecule has 0 amide bonds. The van der Waals surface area contributed by atoms with Crippen LogP contribution < -0.4 is 5.32 Å². The van der Waals surface area contributed by atoms with Crippen LogP contribution in [0.4, 0.5) is 0 Å². The zero-order valence-corrected chi connectivity index (χ0v) is 11.3. The number of aryl methyl sites for hydroxylation is 1. The van der Waals surface area contributed by atoms with Gasteiger partial charge >= 0.3 is 0 Å². The first-order valence-corrected chi connectivity index (χ1v) is 6.98. The summed E-state index contributed by atoms with van der Waals surface area (Å²) in [6, 6.07) is 0.695. The fourth-order valence-corrected chi connectivity index (χ4v) is 3.13. The lowest BCUT2D eigenvalue weighted by Crippen LogP contribution is -2.32.